The molecule has 1 N–H and O–H groups in total. The largest absolute Gasteiger partial charge is 0.496 e. The van der Waals surface area contributed by atoms with Crippen molar-refractivity contribution >= 4 is 51.6 Å². The van der Waals surface area contributed by atoms with Crippen molar-refractivity contribution in [2.75, 3.05) is 79.5 Å². The van der Waals surface area contributed by atoms with Crippen LogP contribution in [0.25, 0.3) is 11.3 Å². The van der Waals surface area contributed by atoms with E-state index in [2.05, 4.69) is 24.9 Å². The molecule has 3 aliphatic heterocycles. The molecule has 38 heavy (non-hydrogen) atoms. The van der Waals surface area contributed by atoms with Gasteiger partial charge in [-0.2, -0.15) is 15.0 Å². The third-order valence-corrected chi connectivity index (χ3v) is 8.45. The molecule has 0 saturated carbocycles. The zero-order chi connectivity index (χ0) is 25.9. The maximum atomic E-state index is 5.76. The molecule has 0 radical (unpaired) electrons. The van der Waals surface area contributed by atoms with E-state index in [1.54, 1.807) is 18.4 Å². The van der Waals surface area contributed by atoms with E-state index in [9.17, 15) is 0 Å². The number of methoxy groups -OCH3 is 1. The number of hydrogen-bond donors (Lipinski definition) is 1. The molecule has 200 valence electrons. The van der Waals surface area contributed by atoms with E-state index in [0.29, 0.717) is 5.11 Å². The highest BCUT2D eigenvalue weighted by molar-refractivity contribution is 7.80. The summed E-state index contributed by atoms with van der Waals surface area (Å²) in [7, 11) is 1.68. The number of rotatable bonds is 6. The van der Waals surface area contributed by atoms with Gasteiger partial charge in [-0.25, -0.2) is 4.98 Å². The molecule has 2 aromatic heterocycles. The molecule has 0 aliphatic carbocycles. The molecular formula is C26H33N9OS2. The van der Waals surface area contributed by atoms with Crippen molar-refractivity contribution in [1.29, 1.82) is 0 Å². The highest BCUT2D eigenvalue weighted by atomic mass is 32.1. The number of hydrogen-bond acceptors (Lipinski definition) is 10. The summed E-state index contributed by atoms with van der Waals surface area (Å²) < 4.78 is 5.49. The highest BCUT2D eigenvalue weighted by Crippen LogP contribution is 2.32. The zero-order valence-electron chi connectivity index (χ0n) is 21.7. The monoisotopic (exact) mass is 551 g/mol. The number of benzene rings is 1. The molecule has 0 spiro atoms. The fraction of sp³-hybridized carbons (Fsp3) is 0.500. The van der Waals surface area contributed by atoms with Crippen LogP contribution in [0.3, 0.4) is 0 Å². The summed E-state index contributed by atoms with van der Waals surface area (Å²) in [5.41, 5.74) is 1.85. The smallest absolute Gasteiger partial charge is 0.232 e. The zero-order valence-corrected chi connectivity index (χ0v) is 23.3. The fourth-order valence-corrected chi connectivity index (χ4v) is 6.25. The minimum atomic E-state index is 0.691. The number of nitrogens with zero attached hydrogens (tertiary/aromatic N) is 8. The minimum absolute atomic E-state index is 0.691. The Hall–Kier alpha value is -3.25. The van der Waals surface area contributed by atoms with E-state index in [-0.39, 0.29) is 0 Å². The molecular weight excluding hydrogens is 518 g/mol. The van der Waals surface area contributed by atoms with E-state index in [1.807, 2.05) is 29.6 Å². The van der Waals surface area contributed by atoms with Crippen molar-refractivity contribution in [2.45, 2.75) is 25.7 Å². The van der Waals surface area contributed by atoms with E-state index in [0.717, 1.165) is 92.3 Å². The average Bonchev–Trinajstić information content (AvgIpc) is 3.76. The first-order chi connectivity index (χ1) is 18.7. The van der Waals surface area contributed by atoms with Crippen LogP contribution in [0, 0.1) is 0 Å². The lowest BCUT2D eigenvalue weighted by Gasteiger charge is -2.36. The highest BCUT2D eigenvalue weighted by Gasteiger charge is 2.26. The first kappa shape index (κ1) is 25.1. The third kappa shape index (κ3) is 5.32. The summed E-state index contributed by atoms with van der Waals surface area (Å²) >= 11 is 7.30. The van der Waals surface area contributed by atoms with Crippen molar-refractivity contribution in [3.05, 3.63) is 29.6 Å². The second-order valence-corrected chi connectivity index (χ2v) is 11.0. The van der Waals surface area contributed by atoms with Crippen molar-refractivity contribution in [2.24, 2.45) is 0 Å². The number of thiazole rings is 1. The lowest BCUT2D eigenvalue weighted by Crippen LogP contribution is -2.50. The van der Waals surface area contributed by atoms with Gasteiger partial charge in [0.05, 0.1) is 12.8 Å². The standard InChI is InChI=1S/C26H33N9OS2/c1-36-21-9-3-2-8-19(21)20-18-38-25(27-20)31-26(37)35-16-14-34(15-17-35)24-29-22(32-10-4-5-11-32)28-23(30-24)33-12-6-7-13-33/h2-3,8-9,18H,4-7,10-17H2,1H3,(H,27,31,37). The van der Waals surface area contributed by atoms with Gasteiger partial charge in [-0.15, -0.1) is 11.3 Å². The first-order valence-corrected chi connectivity index (χ1v) is 14.6. The Morgan fingerprint density at radius 3 is 1.92 bits per heavy atom. The van der Waals surface area contributed by atoms with Crippen molar-refractivity contribution in [1.82, 2.24) is 24.8 Å². The Kier molecular flexibility index (Phi) is 7.41. The number of ether oxygens (including phenoxy) is 1. The number of piperazine rings is 1. The van der Waals surface area contributed by atoms with Crippen LogP contribution in [-0.2, 0) is 0 Å². The number of aromatic nitrogens is 4. The van der Waals surface area contributed by atoms with Crippen LogP contribution in [-0.4, -0.2) is 89.4 Å². The molecule has 12 heteroatoms. The molecule has 3 saturated heterocycles. The van der Waals surface area contributed by atoms with E-state index < -0.39 is 0 Å². The molecule has 0 amide bonds. The van der Waals surface area contributed by atoms with Gasteiger partial charge in [-0.3, -0.25) is 0 Å². The summed E-state index contributed by atoms with van der Waals surface area (Å²) in [5.74, 6) is 3.23. The number of thiocarbonyl (C=S) groups is 1. The van der Waals surface area contributed by atoms with Gasteiger partial charge < -0.3 is 29.7 Å². The Labute approximate surface area is 232 Å². The van der Waals surface area contributed by atoms with Gasteiger partial charge in [0.25, 0.3) is 0 Å². The van der Waals surface area contributed by atoms with Crippen LogP contribution in [0.5, 0.6) is 5.75 Å². The quantitative estimate of drug-likeness (QED) is 0.455. The van der Waals surface area contributed by atoms with Gasteiger partial charge in [-0.05, 0) is 50.0 Å². The molecule has 3 aliphatic rings. The van der Waals surface area contributed by atoms with Crippen LogP contribution in [0.15, 0.2) is 29.6 Å². The predicted molar refractivity (Wildman–Crippen MR) is 157 cm³/mol. The predicted octanol–water partition coefficient (Wildman–Crippen LogP) is 3.72. The number of nitrogens with one attached hydrogen (secondary N) is 1. The second kappa shape index (κ2) is 11.2. The van der Waals surface area contributed by atoms with Gasteiger partial charge in [0.2, 0.25) is 17.8 Å². The Bertz CT molecular complexity index is 1230. The van der Waals surface area contributed by atoms with Gasteiger partial charge in [-0.1, -0.05) is 12.1 Å². The van der Waals surface area contributed by atoms with Crippen LogP contribution in [0.2, 0.25) is 0 Å². The SMILES string of the molecule is COc1ccccc1-c1csc(NC(=S)N2CCN(c3nc(N4CCCC4)nc(N4CCCC4)n3)CC2)n1. The summed E-state index contributed by atoms with van der Waals surface area (Å²) in [6, 6.07) is 7.91. The van der Waals surface area contributed by atoms with Crippen LogP contribution >= 0.6 is 23.6 Å². The van der Waals surface area contributed by atoms with Gasteiger partial charge in [0, 0.05) is 63.3 Å². The Morgan fingerprint density at radius 1 is 0.789 bits per heavy atom. The Balaban J connectivity index is 1.11. The first-order valence-electron chi connectivity index (χ1n) is 13.3. The molecule has 1 aromatic carbocycles. The summed E-state index contributed by atoms with van der Waals surface area (Å²) in [6.07, 6.45) is 4.79. The van der Waals surface area contributed by atoms with Crippen LogP contribution < -0.4 is 24.8 Å². The van der Waals surface area contributed by atoms with E-state index in [1.165, 1.54) is 25.7 Å². The minimum Gasteiger partial charge on any atom is -0.496 e. The second-order valence-electron chi connectivity index (χ2n) is 9.77. The third-order valence-electron chi connectivity index (χ3n) is 7.33. The van der Waals surface area contributed by atoms with Crippen LogP contribution in [0.4, 0.5) is 23.0 Å². The summed E-state index contributed by atoms with van der Waals surface area (Å²) in [6.45, 7) is 7.27. The molecule has 6 rings (SSSR count). The van der Waals surface area contributed by atoms with E-state index in [4.69, 9.17) is 36.9 Å². The molecule has 3 aromatic rings. The molecule has 3 fully saturated rings. The lowest BCUT2D eigenvalue weighted by molar-refractivity contribution is 0.388. The fourth-order valence-electron chi connectivity index (χ4n) is 5.19. The molecule has 0 unspecified atom stereocenters. The van der Waals surface area contributed by atoms with Gasteiger partial charge in [0.1, 0.15) is 5.75 Å². The molecule has 0 atom stereocenters. The number of anilines is 4. The van der Waals surface area contributed by atoms with Crippen molar-refractivity contribution in [3.8, 4) is 17.0 Å². The summed E-state index contributed by atoms with van der Waals surface area (Å²) in [4.78, 5) is 28.5. The van der Waals surface area contributed by atoms with Crippen LogP contribution in [0.1, 0.15) is 25.7 Å². The van der Waals surface area contributed by atoms with Crippen molar-refractivity contribution < 1.29 is 4.74 Å². The van der Waals surface area contributed by atoms with Gasteiger partial charge >= 0.3 is 0 Å². The molecule has 5 heterocycles. The maximum Gasteiger partial charge on any atom is 0.232 e. The molecule has 10 nitrogen and oxygen atoms in total. The normalized spacial score (nSPS) is 17.8. The van der Waals surface area contributed by atoms with E-state index >= 15 is 0 Å². The average molecular weight is 552 g/mol. The number of para-hydroxylation sites is 1. The molecule has 0 bridgehead atoms. The lowest BCUT2D eigenvalue weighted by atomic mass is 10.1. The maximum absolute atomic E-state index is 5.76. The van der Waals surface area contributed by atoms with Gasteiger partial charge in [0.15, 0.2) is 10.2 Å². The van der Waals surface area contributed by atoms with Crippen molar-refractivity contribution in [3.63, 3.8) is 0 Å². The topological polar surface area (TPSA) is 85.8 Å². The Morgan fingerprint density at radius 2 is 1.34 bits per heavy atom. The summed E-state index contributed by atoms with van der Waals surface area (Å²) in [5, 5.41) is 6.83.